The van der Waals surface area contributed by atoms with Crippen molar-refractivity contribution < 1.29 is 13.5 Å². The van der Waals surface area contributed by atoms with Crippen LogP contribution in [-0.2, 0) is 0 Å². The van der Waals surface area contributed by atoms with Gasteiger partial charge < -0.3 is 10.1 Å². The highest BCUT2D eigenvalue weighted by Crippen LogP contribution is 2.23. The Bertz CT molecular complexity index is 605. The van der Waals surface area contributed by atoms with Crippen molar-refractivity contribution in [3.8, 4) is 11.6 Å². The van der Waals surface area contributed by atoms with E-state index in [0.29, 0.717) is 11.6 Å². The summed E-state index contributed by atoms with van der Waals surface area (Å²) in [7, 11) is 0. The Hall–Kier alpha value is -2.24. The van der Waals surface area contributed by atoms with Crippen LogP contribution in [0.1, 0.15) is 19.2 Å². The van der Waals surface area contributed by atoms with Gasteiger partial charge in [0.1, 0.15) is 17.4 Å². The second kappa shape index (κ2) is 6.27. The van der Waals surface area contributed by atoms with E-state index in [-0.39, 0.29) is 11.6 Å². The number of benzene rings is 1. The lowest BCUT2D eigenvalue weighted by molar-refractivity contribution is 0.445. The van der Waals surface area contributed by atoms with E-state index in [4.69, 9.17) is 4.74 Å². The van der Waals surface area contributed by atoms with Gasteiger partial charge in [-0.05, 0) is 25.5 Å². The van der Waals surface area contributed by atoms with Gasteiger partial charge in [0.2, 0.25) is 5.88 Å². The Morgan fingerprint density at radius 1 is 1.15 bits per heavy atom. The minimum atomic E-state index is -0.961. The zero-order valence-corrected chi connectivity index (χ0v) is 11.3. The maximum Gasteiger partial charge on any atom is 0.224 e. The van der Waals surface area contributed by atoms with Gasteiger partial charge in [0.05, 0.1) is 0 Å². The third kappa shape index (κ3) is 3.63. The molecule has 0 unspecified atom stereocenters. The van der Waals surface area contributed by atoms with E-state index in [1.165, 1.54) is 6.07 Å². The Kier molecular flexibility index (Phi) is 4.45. The molecule has 2 aromatic rings. The van der Waals surface area contributed by atoms with Crippen LogP contribution < -0.4 is 10.1 Å². The lowest BCUT2D eigenvalue weighted by Gasteiger charge is -2.09. The summed E-state index contributed by atoms with van der Waals surface area (Å²) in [6.45, 7) is 4.55. The van der Waals surface area contributed by atoms with E-state index >= 15 is 0 Å². The number of aryl methyl sites for hydroxylation is 1. The van der Waals surface area contributed by atoms with Gasteiger partial charge in [-0.1, -0.05) is 6.92 Å². The van der Waals surface area contributed by atoms with Crippen molar-refractivity contribution in [1.29, 1.82) is 0 Å². The Labute approximate surface area is 115 Å². The van der Waals surface area contributed by atoms with Crippen LogP contribution in [0.3, 0.4) is 0 Å². The summed E-state index contributed by atoms with van der Waals surface area (Å²) in [5.74, 6) is -0.245. The van der Waals surface area contributed by atoms with Crippen LogP contribution in [-0.4, -0.2) is 16.5 Å². The fourth-order valence-corrected chi connectivity index (χ4v) is 1.60. The molecule has 0 amide bonds. The summed E-state index contributed by atoms with van der Waals surface area (Å²) in [4.78, 5) is 8.31. The molecule has 0 atom stereocenters. The number of nitrogens with zero attached hydrogens (tertiary/aromatic N) is 2. The van der Waals surface area contributed by atoms with Gasteiger partial charge in [0.25, 0.3) is 0 Å². The van der Waals surface area contributed by atoms with Gasteiger partial charge in [-0.2, -0.15) is 4.98 Å². The molecule has 0 aliphatic rings. The van der Waals surface area contributed by atoms with Crippen LogP contribution >= 0.6 is 0 Å². The monoisotopic (exact) mass is 279 g/mol. The Morgan fingerprint density at radius 2 is 1.95 bits per heavy atom. The van der Waals surface area contributed by atoms with E-state index in [1.807, 2.05) is 6.92 Å². The Balaban J connectivity index is 2.19. The molecule has 106 valence electrons. The average molecular weight is 279 g/mol. The number of halogens is 2. The smallest absolute Gasteiger partial charge is 0.224 e. The minimum Gasteiger partial charge on any atom is -0.439 e. The predicted octanol–water partition coefficient (Wildman–Crippen LogP) is 3.68. The summed E-state index contributed by atoms with van der Waals surface area (Å²) in [6, 6.07) is 4.94. The van der Waals surface area contributed by atoms with Crippen LogP contribution in [0.25, 0.3) is 0 Å². The second-order valence-electron chi connectivity index (χ2n) is 4.24. The van der Waals surface area contributed by atoms with Gasteiger partial charge >= 0.3 is 0 Å². The largest absolute Gasteiger partial charge is 0.439 e. The first-order chi connectivity index (χ1) is 9.58. The fraction of sp³-hybridized carbons (Fsp3) is 0.286. The molecule has 0 saturated heterocycles. The quantitative estimate of drug-likeness (QED) is 0.907. The molecule has 0 aliphatic carbocycles. The highest BCUT2D eigenvalue weighted by Gasteiger charge is 2.07. The first-order valence-electron chi connectivity index (χ1n) is 6.31. The highest BCUT2D eigenvalue weighted by atomic mass is 19.2. The highest BCUT2D eigenvalue weighted by molar-refractivity contribution is 5.40. The van der Waals surface area contributed by atoms with E-state index in [9.17, 15) is 8.78 Å². The molecule has 0 fully saturated rings. The first kappa shape index (κ1) is 14.2. The lowest BCUT2D eigenvalue weighted by Crippen LogP contribution is -2.04. The van der Waals surface area contributed by atoms with Crippen molar-refractivity contribution in [2.75, 3.05) is 11.9 Å². The van der Waals surface area contributed by atoms with Gasteiger partial charge in [0, 0.05) is 18.7 Å². The molecule has 1 aromatic heterocycles. The number of hydrogen-bond donors (Lipinski definition) is 1. The molecule has 6 heteroatoms. The number of hydrogen-bond acceptors (Lipinski definition) is 4. The molecule has 0 spiro atoms. The standard InChI is InChI=1S/C14H15F2N3O/c1-3-6-17-13-8-14(19-9(2)18-13)20-10-4-5-11(15)12(16)7-10/h4-5,7-8H,3,6H2,1-2H3,(H,17,18,19). The topological polar surface area (TPSA) is 47.0 Å². The molecule has 1 heterocycles. The minimum absolute atomic E-state index is 0.184. The predicted molar refractivity (Wildman–Crippen MR) is 72.0 cm³/mol. The van der Waals surface area contributed by atoms with Crippen LogP contribution in [0, 0.1) is 18.6 Å². The molecule has 0 bridgehead atoms. The van der Waals surface area contributed by atoms with Gasteiger partial charge in [-0.25, -0.2) is 13.8 Å². The van der Waals surface area contributed by atoms with E-state index < -0.39 is 11.6 Å². The summed E-state index contributed by atoms with van der Waals surface area (Å²) in [6.07, 6.45) is 0.961. The first-order valence-corrected chi connectivity index (χ1v) is 6.31. The summed E-state index contributed by atoms with van der Waals surface area (Å²) < 4.78 is 31.4. The van der Waals surface area contributed by atoms with Crippen molar-refractivity contribution in [1.82, 2.24) is 9.97 Å². The zero-order valence-electron chi connectivity index (χ0n) is 11.3. The number of ether oxygens (including phenoxy) is 1. The number of aromatic nitrogens is 2. The third-order valence-electron chi connectivity index (χ3n) is 2.48. The van der Waals surface area contributed by atoms with Crippen molar-refractivity contribution in [2.24, 2.45) is 0 Å². The summed E-state index contributed by atoms with van der Waals surface area (Å²) in [5.41, 5.74) is 0. The van der Waals surface area contributed by atoms with Crippen LogP contribution in [0.15, 0.2) is 24.3 Å². The van der Waals surface area contributed by atoms with E-state index in [2.05, 4.69) is 15.3 Å². The van der Waals surface area contributed by atoms with Crippen molar-refractivity contribution in [3.05, 3.63) is 41.7 Å². The Morgan fingerprint density at radius 3 is 2.65 bits per heavy atom. The molecule has 1 N–H and O–H groups in total. The number of rotatable bonds is 5. The normalized spacial score (nSPS) is 10.4. The average Bonchev–Trinajstić information content (AvgIpc) is 2.40. The van der Waals surface area contributed by atoms with Crippen LogP contribution in [0.5, 0.6) is 11.6 Å². The lowest BCUT2D eigenvalue weighted by atomic mass is 10.3. The molecule has 0 radical (unpaired) electrons. The molecule has 0 aliphatic heterocycles. The molecular weight excluding hydrogens is 264 g/mol. The SMILES string of the molecule is CCCNc1cc(Oc2ccc(F)c(F)c2)nc(C)n1. The molecule has 20 heavy (non-hydrogen) atoms. The van der Waals surface area contributed by atoms with E-state index in [0.717, 1.165) is 25.1 Å². The summed E-state index contributed by atoms with van der Waals surface area (Å²) in [5, 5.41) is 3.12. The molecule has 0 saturated carbocycles. The van der Waals surface area contributed by atoms with Gasteiger partial charge in [-0.3, -0.25) is 0 Å². The van der Waals surface area contributed by atoms with Gasteiger partial charge in [0.15, 0.2) is 11.6 Å². The van der Waals surface area contributed by atoms with Crippen LogP contribution in [0.4, 0.5) is 14.6 Å². The molecule has 1 aromatic carbocycles. The van der Waals surface area contributed by atoms with Crippen molar-refractivity contribution in [3.63, 3.8) is 0 Å². The third-order valence-corrected chi connectivity index (χ3v) is 2.48. The maximum absolute atomic E-state index is 13.1. The van der Waals surface area contributed by atoms with Crippen LogP contribution in [0.2, 0.25) is 0 Å². The zero-order chi connectivity index (χ0) is 14.5. The number of nitrogens with one attached hydrogen (secondary N) is 1. The molecule has 2 rings (SSSR count). The van der Waals surface area contributed by atoms with Gasteiger partial charge in [-0.15, -0.1) is 0 Å². The second-order valence-corrected chi connectivity index (χ2v) is 4.24. The fourth-order valence-electron chi connectivity index (χ4n) is 1.60. The van der Waals surface area contributed by atoms with E-state index in [1.54, 1.807) is 13.0 Å². The maximum atomic E-state index is 13.1. The van der Waals surface area contributed by atoms with Crippen molar-refractivity contribution >= 4 is 5.82 Å². The van der Waals surface area contributed by atoms with Crippen molar-refractivity contribution in [2.45, 2.75) is 20.3 Å². The molecular formula is C14H15F2N3O. The summed E-state index contributed by atoms with van der Waals surface area (Å²) >= 11 is 0. The number of anilines is 1. The molecule has 4 nitrogen and oxygen atoms in total.